The van der Waals surface area contributed by atoms with Gasteiger partial charge in [-0.15, -0.1) is 11.3 Å². The van der Waals surface area contributed by atoms with Crippen LogP contribution in [-0.2, 0) is 22.4 Å². The van der Waals surface area contributed by atoms with Crippen molar-refractivity contribution in [3.05, 3.63) is 51.2 Å². The number of carbonyl (C=O) groups is 2. The van der Waals surface area contributed by atoms with Gasteiger partial charge in [-0.05, 0) is 68.9 Å². The van der Waals surface area contributed by atoms with E-state index in [2.05, 4.69) is 5.32 Å². The third-order valence-corrected chi connectivity index (χ3v) is 5.60. The number of nitrogens with one attached hydrogen (secondary N) is 1. The topological polar surface area (TPSA) is 55.4 Å². The Hall–Kier alpha value is -2.14. The van der Waals surface area contributed by atoms with Crippen molar-refractivity contribution in [2.75, 3.05) is 5.32 Å². The average Bonchev–Trinajstić information content (AvgIpc) is 2.86. The van der Waals surface area contributed by atoms with Gasteiger partial charge in [0.25, 0.3) is 5.91 Å². The summed E-state index contributed by atoms with van der Waals surface area (Å²) >= 11 is 1.51. The van der Waals surface area contributed by atoms with E-state index in [4.69, 9.17) is 4.74 Å². The molecule has 1 aromatic heterocycles. The van der Waals surface area contributed by atoms with Crippen LogP contribution in [0.25, 0.3) is 0 Å². The molecule has 1 aromatic carbocycles. The van der Waals surface area contributed by atoms with Gasteiger partial charge in [-0.25, -0.2) is 4.79 Å². The zero-order valence-corrected chi connectivity index (χ0v) is 15.4. The Morgan fingerprint density at radius 1 is 1.16 bits per heavy atom. The largest absolute Gasteiger partial charge is 0.448 e. The van der Waals surface area contributed by atoms with Crippen molar-refractivity contribution in [2.45, 2.75) is 52.1 Å². The molecule has 0 aliphatic heterocycles. The van der Waals surface area contributed by atoms with E-state index in [1.807, 2.05) is 37.3 Å². The first kappa shape index (κ1) is 17.7. The number of ether oxygens (including phenoxy) is 1. The van der Waals surface area contributed by atoms with Crippen LogP contribution in [0.2, 0.25) is 0 Å². The molecule has 1 amide bonds. The molecule has 2 aromatic rings. The lowest BCUT2D eigenvalue weighted by Crippen LogP contribution is -2.29. The summed E-state index contributed by atoms with van der Waals surface area (Å²) in [7, 11) is 0. The molecule has 0 saturated heterocycles. The second kappa shape index (κ2) is 7.83. The molecule has 5 heteroatoms. The van der Waals surface area contributed by atoms with E-state index in [1.165, 1.54) is 41.0 Å². The molecule has 1 atom stereocenters. The van der Waals surface area contributed by atoms with Gasteiger partial charge >= 0.3 is 5.97 Å². The fourth-order valence-electron chi connectivity index (χ4n) is 3.01. The SMILES string of the molecule is Cc1cccc(NC(=O)[C@@H](C)OC(=O)c2cc3c(s2)CCCCC3)c1. The lowest BCUT2D eigenvalue weighted by molar-refractivity contribution is -0.123. The fourth-order valence-corrected chi connectivity index (χ4v) is 4.14. The van der Waals surface area contributed by atoms with Crippen molar-refractivity contribution >= 4 is 28.9 Å². The summed E-state index contributed by atoms with van der Waals surface area (Å²) in [6.07, 6.45) is 4.83. The molecule has 0 fully saturated rings. The average molecular weight is 357 g/mol. The molecule has 25 heavy (non-hydrogen) atoms. The van der Waals surface area contributed by atoms with Crippen LogP contribution >= 0.6 is 11.3 Å². The molecular weight excluding hydrogens is 334 g/mol. The third-order valence-electron chi connectivity index (χ3n) is 4.39. The highest BCUT2D eigenvalue weighted by Crippen LogP contribution is 2.29. The van der Waals surface area contributed by atoms with Crippen LogP contribution in [0.5, 0.6) is 0 Å². The standard InChI is InChI=1S/C20H23NO3S/c1-13-7-6-9-16(11-13)21-19(22)14(2)24-20(23)18-12-15-8-4-3-5-10-17(15)25-18/h6-7,9,11-12,14H,3-5,8,10H2,1-2H3,(H,21,22)/t14-/m1/s1. The van der Waals surface area contributed by atoms with E-state index in [0.717, 1.165) is 18.4 Å². The molecule has 0 spiro atoms. The summed E-state index contributed by atoms with van der Waals surface area (Å²) in [5.41, 5.74) is 3.03. The number of esters is 1. The minimum Gasteiger partial charge on any atom is -0.448 e. The van der Waals surface area contributed by atoms with Crippen molar-refractivity contribution in [2.24, 2.45) is 0 Å². The van der Waals surface area contributed by atoms with Gasteiger partial charge in [0.2, 0.25) is 0 Å². The van der Waals surface area contributed by atoms with Crippen molar-refractivity contribution in [1.29, 1.82) is 0 Å². The summed E-state index contributed by atoms with van der Waals surface area (Å²) in [4.78, 5) is 26.5. The molecule has 132 valence electrons. The summed E-state index contributed by atoms with van der Waals surface area (Å²) in [5.74, 6) is -0.734. The summed E-state index contributed by atoms with van der Waals surface area (Å²) in [6, 6.07) is 9.47. The fraction of sp³-hybridized carbons (Fsp3) is 0.400. The van der Waals surface area contributed by atoms with Crippen LogP contribution in [0.3, 0.4) is 0 Å². The van der Waals surface area contributed by atoms with E-state index in [1.54, 1.807) is 6.92 Å². The van der Waals surface area contributed by atoms with Gasteiger partial charge in [0.15, 0.2) is 6.10 Å². The lowest BCUT2D eigenvalue weighted by atomic mass is 10.1. The highest BCUT2D eigenvalue weighted by Gasteiger charge is 2.22. The zero-order chi connectivity index (χ0) is 17.8. The number of aryl methyl sites for hydroxylation is 3. The molecule has 1 N–H and O–H groups in total. The Labute approximate surface area is 152 Å². The van der Waals surface area contributed by atoms with E-state index in [0.29, 0.717) is 10.6 Å². The van der Waals surface area contributed by atoms with Gasteiger partial charge in [0.1, 0.15) is 4.88 Å². The Kier molecular flexibility index (Phi) is 5.53. The van der Waals surface area contributed by atoms with Crippen LogP contribution < -0.4 is 5.32 Å². The first-order chi connectivity index (χ1) is 12.0. The first-order valence-electron chi connectivity index (χ1n) is 8.73. The summed E-state index contributed by atoms with van der Waals surface area (Å²) in [5, 5.41) is 2.78. The smallest absolute Gasteiger partial charge is 0.349 e. The Balaban J connectivity index is 1.61. The molecule has 0 saturated carbocycles. The van der Waals surface area contributed by atoms with E-state index in [-0.39, 0.29) is 5.91 Å². The maximum absolute atomic E-state index is 12.4. The summed E-state index contributed by atoms with van der Waals surface area (Å²) < 4.78 is 5.37. The molecule has 1 aliphatic carbocycles. The number of fused-ring (bicyclic) bond motifs is 1. The molecule has 0 unspecified atom stereocenters. The van der Waals surface area contributed by atoms with Gasteiger partial charge in [0.05, 0.1) is 0 Å². The molecule has 4 nitrogen and oxygen atoms in total. The van der Waals surface area contributed by atoms with Crippen LogP contribution in [0.15, 0.2) is 30.3 Å². The highest BCUT2D eigenvalue weighted by molar-refractivity contribution is 7.14. The quantitative estimate of drug-likeness (QED) is 0.647. The predicted molar refractivity (Wildman–Crippen MR) is 100 cm³/mol. The van der Waals surface area contributed by atoms with Gasteiger partial charge in [0, 0.05) is 10.6 Å². The highest BCUT2D eigenvalue weighted by atomic mass is 32.1. The Morgan fingerprint density at radius 2 is 1.96 bits per heavy atom. The van der Waals surface area contributed by atoms with Crippen LogP contribution in [-0.4, -0.2) is 18.0 Å². The second-order valence-corrected chi connectivity index (χ2v) is 7.66. The normalized spacial score (nSPS) is 15.0. The number of anilines is 1. The second-order valence-electron chi connectivity index (χ2n) is 6.53. The molecule has 3 rings (SSSR count). The van der Waals surface area contributed by atoms with Crippen molar-refractivity contribution in [3.8, 4) is 0 Å². The Bertz CT molecular complexity index is 757. The molecular formula is C20H23NO3S. The number of thiophene rings is 1. The molecule has 0 radical (unpaired) electrons. The van der Waals surface area contributed by atoms with Gasteiger partial charge in [-0.1, -0.05) is 18.6 Å². The maximum Gasteiger partial charge on any atom is 0.349 e. The number of hydrogen-bond acceptors (Lipinski definition) is 4. The number of amides is 1. The van der Waals surface area contributed by atoms with E-state index in [9.17, 15) is 9.59 Å². The minimum absolute atomic E-state index is 0.322. The van der Waals surface area contributed by atoms with Crippen LogP contribution in [0.4, 0.5) is 5.69 Å². The number of benzene rings is 1. The van der Waals surface area contributed by atoms with Gasteiger partial charge in [-0.2, -0.15) is 0 Å². The Morgan fingerprint density at radius 3 is 2.76 bits per heavy atom. The van der Waals surface area contributed by atoms with E-state index < -0.39 is 12.1 Å². The number of hydrogen-bond donors (Lipinski definition) is 1. The third kappa shape index (κ3) is 4.48. The molecule has 0 bridgehead atoms. The maximum atomic E-state index is 12.4. The van der Waals surface area contributed by atoms with Crippen LogP contribution in [0, 0.1) is 6.92 Å². The lowest BCUT2D eigenvalue weighted by Gasteiger charge is -2.13. The molecule has 1 aliphatic rings. The summed E-state index contributed by atoms with van der Waals surface area (Å²) in [6.45, 7) is 3.56. The minimum atomic E-state index is -0.838. The zero-order valence-electron chi connectivity index (χ0n) is 14.6. The number of rotatable bonds is 4. The van der Waals surface area contributed by atoms with Crippen molar-refractivity contribution in [1.82, 2.24) is 0 Å². The van der Waals surface area contributed by atoms with E-state index >= 15 is 0 Å². The van der Waals surface area contributed by atoms with Crippen molar-refractivity contribution in [3.63, 3.8) is 0 Å². The molecule has 1 heterocycles. The van der Waals surface area contributed by atoms with Crippen LogP contribution in [0.1, 0.15) is 51.9 Å². The van der Waals surface area contributed by atoms with Gasteiger partial charge in [-0.3, -0.25) is 4.79 Å². The number of carbonyl (C=O) groups excluding carboxylic acids is 2. The predicted octanol–water partition coefficient (Wildman–Crippen LogP) is 4.51. The van der Waals surface area contributed by atoms with Gasteiger partial charge < -0.3 is 10.1 Å². The first-order valence-corrected chi connectivity index (χ1v) is 9.54. The van der Waals surface area contributed by atoms with Crippen molar-refractivity contribution < 1.29 is 14.3 Å². The monoisotopic (exact) mass is 357 g/mol.